The lowest BCUT2D eigenvalue weighted by molar-refractivity contribution is -0.384. The van der Waals surface area contributed by atoms with E-state index in [0.29, 0.717) is 16.7 Å². The molecule has 0 bridgehead atoms. The van der Waals surface area contributed by atoms with E-state index < -0.39 is 16.9 Å². The van der Waals surface area contributed by atoms with Gasteiger partial charge in [-0.3, -0.25) is 19.5 Å². The molecule has 8 nitrogen and oxygen atoms in total. The molecule has 1 heterocycles. The second-order valence-corrected chi connectivity index (χ2v) is 9.76. The Balaban J connectivity index is 1.62. The number of carbonyl (C=O) groups is 1. The number of aromatic nitrogens is 3. The van der Waals surface area contributed by atoms with Gasteiger partial charge in [-0.25, -0.2) is 0 Å². The van der Waals surface area contributed by atoms with Gasteiger partial charge in [0.2, 0.25) is 0 Å². The molecule has 184 valence electrons. The first-order valence-corrected chi connectivity index (χ1v) is 12.5. The van der Waals surface area contributed by atoms with Crippen molar-refractivity contribution in [1.29, 1.82) is 0 Å². The van der Waals surface area contributed by atoms with Crippen molar-refractivity contribution < 1.29 is 9.72 Å². The van der Waals surface area contributed by atoms with Gasteiger partial charge in [-0.1, -0.05) is 70.9 Å². The summed E-state index contributed by atoms with van der Waals surface area (Å²) in [6.07, 6.45) is 0. The zero-order valence-electron chi connectivity index (χ0n) is 19.9. The van der Waals surface area contributed by atoms with E-state index in [-0.39, 0.29) is 16.3 Å². The number of halogens is 1. The maximum absolute atomic E-state index is 12.9. The zero-order valence-corrected chi connectivity index (χ0v) is 21.5. The Hall–Kier alpha value is -3.69. The lowest BCUT2D eigenvalue weighted by atomic mass is 10.1. The van der Waals surface area contributed by atoms with Crippen molar-refractivity contribution in [3.05, 3.63) is 110 Å². The summed E-state index contributed by atoms with van der Waals surface area (Å²) in [5.41, 5.74) is 4.16. The maximum atomic E-state index is 12.9. The van der Waals surface area contributed by atoms with Crippen LogP contribution in [0.5, 0.6) is 0 Å². The summed E-state index contributed by atoms with van der Waals surface area (Å²) in [5, 5.41) is 23.6. The summed E-state index contributed by atoms with van der Waals surface area (Å²) in [5.74, 6) is 0.776. The molecule has 0 saturated carbocycles. The molecule has 0 radical (unpaired) electrons. The third kappa shape index (κ3) is 5.75. The van der Waals surface area contributed by atoms with E-state index in [1.54, 1.807) is 18.7 Å². The van der Waals surface area contributed by atoms with Crippen molar-refractivity contribution in [1.82, 2.24) is 20.1 Å². The largest absolute Gasteiger partial charge is 0.342 e. The van der Waals surface area contributed by atoms with Crippen LogP contribution in [0.4, 0.5) is 5.69 Å². The molecule has 1 atom stereocenters. The molecule has 10 heteroatoms. The van der Waals surface area contributed by atoms with Gasteiger partial charge in [-0.2, -0.15) is 0 Å². The highest BCUT2D eigenvalue weighted by Crippen LogP contribution is 2.29. The number of nitrogens with one attached hydrogen (secondary N) is 1. The SMILES string of the molecule is Cc1ccc(-n2c(SCc3cccc(C)c3)nnc2C(C)NC(=O)c2ccc(Cl)c([N+](=O)[O-])c2)cc1. The van der Waals surface area contributed by atoms with E-state index in [1.165, 1.54) is 23.3 Å². The van der Waals surface area contributed by atoms with Crippen LogP contribution in [0.25, 0.3) is 5.69 Å². The smallest absolute Gasteiger partial charge is 0.288 e. The Morgan fingerprint density at radius 2 is 1.83 bits per heavy atom. The number of nitrogens with zero attached hydrogens (tertiary/aromatic N) is 4. The third-order valence-electron chi connectivity index (χ3n) is 5.54. The van der Waals surface area contributed by atoms with Crippen molar-refractivity contribution in [2.24, 2.45) is 0 Å². The molecule has 0 saturated heterocycles. The normalized spacial score (nSPS) is 11.8. The molecule has 4 aromatic rings. The summed E-state index contributed by atoms with van der Waals surface area (Å²) in [6, 6.07) is 19.7. The summed E-state index contributed by atoms with van der Waals surface area (Å²) >= 11 is 7.44. The van der Waals surface area contributed by atoms with Crippen LogP contribution in [0.1, 0.15) is 45.8 Å². The lowest BCUT2D eigenvalue weighted by Crippen LogP contribution is -2.28. The van der Waals surface area contributed by atoms with E-state index in [2.05, 4.69) is 40.6 Å². The quantitative estimate of drug-likeness (QED) is 0.167. The van der Waals surface area contributed by atoms with E-state index in [9.17, 15) is 14.9 Å². The summed E-state index contributed by atoms with van der Waals surface area (Å²) < 4.78 is 1.93. The molecule has 0 aliphatic heterocycles. The molecule has 0 spiro atoms. The minimum Gasteiger partial charge on any atom is -0.342 e. The number of hydrogen-bond donors (Lipinski definition) is 1. The molecular weight excluding hydrogens is 498 g/mol. The van der Waals surface area contributed by atoms with Crippen LogP contribution in [0.15, 0.2) is 71.9 Å². The molecule has 1 aromatic heterocycles. The van der Waals surface area contributed by atoms with Crippen LogP contribution in [0, 0.1) is 24.0 Å². The van der Waals surface area contributed by atoms with Crippen LogP contribution >= 0.6 is 23.4 Å². The number of benzene rings is 3. The highest BCUT2D eigenvalue weighted by Gasteiger charge is 2.23. The molecule has 3 aromatic carbocycles. The Bertz CT molecular complexity index is 1420. The topological polar surface area (TPSA) is 103 Å². The Kier molecular flexibility index (Phi) is 7.71. The highest BCUT2D eigenvalue weighted by molar-refractivity contribution is 7.98. The van der Waals surface area contributed by atoms with Crippen molar-refractivity contribution in [2.75, 3.05) is 0 Å². The first-order valence-electron chi connectivity index (χ1n) is 11.2. The van der Waals surface area contributed by atoms with Crippen LogP contribution in [-0.2, 0) is 5.75 Å². The molecule has 0 aliphatic rings. The van der Waals surface area contributed by atoms with Gasteiger partial charge in [0.15, 0.2) is 11.0 Å². The van der Waals surface area contributed by atoms with Crippen LogP contribution in [-0.4, -0.2) is 25.6 Å². The molecule has 1 amide bonds. The van der Waals surface area contributed by atoms with Crippen LogP contribution in [0.3, 0.4) is 0 Å². The van der Waals surface area contributed by atoms with Crippen molar-refractivity contribution in [2.45, 2.75) is 37.7 Å². The summed E-state index contributed by atoms with van der Waals surface area (Å²) in [4.78, 5) is 23.5. The van der Waals surface area contributed by atoms with Gasteiger partial charge in [0.25, 0.3) is 11.6 Å². The average Bonchev–Trinajstić information content (AvgIpc) is 3.27. The molecular formula is C26H24ClN5O3S. The van der Waals surface area contributed by atoms with Crippen molar-refractivity contribution >= 4 is 35.0 Å². The molecule has 4 rings (SSSR count). The second-order valence-electron chi connectivity index (χ2n) is 8.41. The number of carbonyl (C=O) groups excluding carboxylic acids is 1. The van der Waals surface area contributed by atoms with Gasteiger partial charge < -0.3 is 5.32 Å². The van der Waals surface area contributed by atoms with Gasteiger partial charge in [-0.05, 0) is 50.6 Å². The minimum atomic E-state index is -0.617. The van der Waals surface area contributed by atoms with Crippen LogP contribution in [0.2, 0.25) is 5.02 Å². The summed E-state index contributed by atoms with van der Waals surface area (Å²) in [7, 11) is 0. The third-order valence-corrected chi connectivity index (χ3v) is 6.86. The molecule has 0 fully saturated rings. The van der Waals surface area contributed by atoms with Crippen molar-refractivity contribution in [3.8, 4) is 5.69 Å². The first-order chi connectivity index (χ1) is 17.2. The number of rotatable bonds is 8. The van der Waals surface area contributed by atoms with E-state index in [1.807, 2.05) is 41.8 Å². The maximum Gasteiger partial charge on any atom is 0.288 e. The van der Waals surface area contributed by atoms with Gasteiger partial charge in [0.05, 0.1) is 11.0 Å². The monoisotopic (exact) mass is 521 g/mol. The number of hydrogen-bond acceptors (Lipinski definition) is 6. The number of aryl methyl sites for hydroxylation is 2. The Morgan fingerprint density at radius 3 is 2.53 bits per heavy atom. The first kappa shape index (κ1) is 25.4. The van der Waals surface area contributed by atoms with Crippen molar-refractivity contribution in [3.63, 3.8) is 0 Å². The Labute approximate surface area is 217 Å². The Morgan fingerprint density at radius 1 is 1.08 bits per heavy atom. The van der Waals surface area contributed by atoms with Gasteiger partial charge in [-0.15, -0.1) is 10.2 Å². The zero-order chi connectivity index (χ0) is 25.8. The van der Waals surface area contributed by atoms with Gasteiger partial charge >= 0.3 is 0 Å². The highest BCUT2D eigenvalue weighted by atomic mass is 35.5. The molecule has 1 unspecified atom stereocenters. The van der Waals surface area contributed by atoms with E-state index in [0.717, 1.165) is 17.3 Å². The summed E-state index contributed by atoms with van der Waals surface area (Å²) in [6.45, 7) is 5.87. The van der Waals surface area contributed by atoms with E-state index in [4.69, 9.17) is 11.6 Å². The standard InChI is InChI=1S/C26H24ClN5O3S/c1-16-7-10-21(11-8-16)31-24(29-30-26(31)36-15-19-6-4-5-17(2)13-19)18(3)28-25(33)20-9-12-22(27)23(14-20)32(34)35/h4-14,18H,15H2,1-3H3,(H,28,33). The predicted molar refractivity (Wildman–Crippen MR) is 141 cm³/mol. The fraction of sp³-hybridized carbons (Fsp3) is 0.192. The van der Waals surface area contributed by atoms with E-state index >= 15 is 0 Å². The average molecular weight is 522 g/mol. The minimum absolute atomic E-state index is 0.0287. The number of nitro groups is 1. The van der Waals surface area contributed by atoms with Gasteiger partial charge in [0.1, 0.15) is 5.02 Å². The fourth-order valence-electron chi connectivity index (χ4n) is 3.68. The predicted octanol–water partition coefficient (Wildman–Crippen LogP) is 6.23. The van der Waals surface area contributed by atoms with Crippen LogP contribution < -0.4 is 5.32 Å². The molecule has 0 aliphatic carbocycles. The molecule has 1 N–H and O–H groups in total. The number of nitro benzene ring substituents is 1. The molecule has 36 heavy (non-hydrogen) atoms. The fourth-order valence-corrected chi connectivity index (χ4v) is 4.77. The second kappa shape index (κ2) is 10.9. The number of amides is 1. The lowest BCUT2D eigenvalue weighted by Gasteiger charge is -2.16. The van der Waals surface area contributed by atoms with Gasteiger partial charge in [0, 0.05) is 23.1 Å². The number of thioether (sulfide) groups is 1.